The molecule has 0 saturated heterocycles. The van der Waals surface area contributed by atoms with Gasteiger partial charge in [0.1, 0.15) is 6.29 Å². The average Bonchev–Trinajstić information content (AvgIpc) is 2.79. The van der Waals surface area contributed by atoms with E-state index in [0.29, 0.717) is 0 Å². The van der Waals surface area contributed by atoms with E-state index in [1.807, 2.05) is 13.0 Å². The molecule has 3 aromatic rings. The summed E-state index contributed by atoms with van der Waals surface area (Å²) < 4.78 is 0. The SMILES string of the molecule is C/C(C=O)=C/[C@@H](c1ccccc1)C(c1ccc(N(C)C)cc1)c1ccc(N(C)C)cc1. The number of allylic oxidation sites excluding steroid dienone is 2. The molecule has 0 saturated carbocycles. The van der Waals surface area contributed by atoms with E-state index in [1.54, 1.807) is 0 Å². The second kappa shape index (κ2) is 10.1. The summed E-state index contributed by atoms with van der Waals surface area (Å²) in [5.41, 5.74) is 6.73. The standard InChI is InChI=1S/C28H32N2O/c1-21(20-31)19-27(22-9-7-6-8-10-22)28(23-11-15-25(16-12-23)29(2)3)24-13-17-26(18-14-24)30(4)5/h6-20,27-28H,1-5H3/b21-19-/t27-/m0/s1. The molecule has 0 bridgehead atoms. The summed E-state index contributed by atoms with van der Waals surface area (Å²) in [6.45, 7) is 1.88. The summed E-state index contributed by atoms with van der Waals surface area (Å²) in [6.07, 6.45) is 3.05. The summed E-state index contributed by atoms with van der Waals surface area (Å²) in [4.78, 5) is 15.7. The Morgan fingerprint density at radius 2 is 1.13 bits per heavy atom. The molecule has 0 aromatic heterocycles. The molecule has 0 spiro atoms. The number of carbonyl (C=O) groups excluding carboxylic acids is 1. The smallest absolute Gasteiger partial charge is 0.145 e. The van der Waals surface area contributed by atoms with Gasteiger partial charge < -0.3 is 9.80 Å². The van der Waals surface area contributed by atoms with Crippen LogP contribution in [0.4, 0.5) is 11.4 Å². The van der Waals surface area contributed by atoms with Crippen molar-refractivity contribution in [1.29, 1.82) is 0 Å². The topological polar surface area (TPSA) is 23.6 Å². The van der Waals surface area contributed by atoms with E-state index in [9.17, 15) is 4.79 Å². The van der Waals surface area contributed by atoms with Crippen LogP contribution in [0.15, 0.2) is 90.5 Å². The Hall–Kier alpha value is -3.33. The fourth-order valence-corrected chi connectivity index (χ4v) is 3.95. The molecule has 0 radical (unpaired) electrons. The van der Waals surface area contributed by atoms with Crippen LogP contribution < -0.4 is 9.80 Å². The molecule has 3 heteroatoms. The minimum Gasteiger partial charge on any atom is -0.378 e. The normalized spacial score (nSPS) is 12.5. The summed E-state index contributed by atoms with van der Waals surface area (Å²) >= 11 is 0. The maximum atomic E-state index is 11.5. The molecule has 0 unspecified atom stereocenters. The number of carbonyl (C=O) groups is 1. The van der Waals surface area contributed by atoms with Crippen molar-refractivity contribution in [2.24, 2.45) is 0 Å². The van der Waals surface area contributed by atoms with E-state index in [0.717, 1.165) is 11.9 Å². The molecule has 0 amide bonds. The first-order valence-electron chi connectivity index (χ1n) is 10.6. The molecule has 0 aliphatic rings. The third-order valence-electron chi connectivity index (χ3n) is 5.71. The van der Waals surface area contributed by atoms with Crippen molar-refractivity contribution in [3.63, 3.8) is 0 Å². The highest BCUT2D eigenvalue weighted by atomic mass is 16.1. The Bertz CT molecular complexity index is 952. The van der Waals surface area contributed by atoms with Gasteiger partial charge in [0.2, 0.25) is 0 Å². The zero-order valence-corrected chi connectivity index (χ0v) is 19.1. The van der Waals surface area contributed by atoms with Crippen LogP contribution >= 0.6 is 0 Å². The Morgan fingerprint density at radius 3 is 1.52 bits per heavy atom. The third-order valence-corrected chi connectivity index (χ3v) is 5.71. The second-order valence-electron chi connectivity index (χ2n) is 8.41. The van der Waals surface area contributed by atoms with E-state index in [4.69, 9.17) is 0 Å². The van der Waals surface area contributed by atoms with Crippen molar-refractivity contribution in [2.75, 3.05) is 38.0 Å². The van der Waals surface area contributed by atoms with E-state index in [-0.39, 0.29) is 11.8 Å². The first-order chi connectivity index (χ1) is 14.9. The van der Waals surface area contributed by atoms with Gasteiger partial charge in [0.25, 0.3) is 0 Å². The van der Waals surface area contributed by atoms with Crippen molar-refractivity contribution >= 4 is 17.7 Å². The minimum absolute atomic E-state index is 0.0433. The summed E-state index contributed by atoms with van der Waals surface area (Å²) in [5, 5.41) is 0. The molecule has 3 nitrogen and oxygen atoms in total. The van der Waals surface area contributed by atoms with Gasteiger partial charge in [-0.05, 0) is 53.5 Å². The van der Waals surface area contributed by atoms with Gasteiger partial charge in [-0.25, -0.2) is 0 Å². The number of anilines is 2. The number of aldehydes is 1. The molecular weight excluding hydrogens is 380 g/mol. The number of rotatable bonds is 8. The van der Waals surface area contributed by atoms with Crippen LogP contribution in [0.1, 0.15) is 35.4 Å². The molecule has 0 heterocycles. The molecule has 0 aliphatic carbocycles. The highest BCUT2D eigenvalue weighted by Crippen LogP contribution is 2.41. The molecular formula is C28H32N2O. The molecule has 3 aromatic carbocycles. The Kier molecular flexibility index (Phi) is 7.30. The molecule has 31 heavy (non-hydrogen) atoms. The van der Waals surface area contributed by atoms with Gasteiger partial charge in [0, 0.05) is 51.4 Å². The zero-order chi connectivity index (χ0) is 22.4. The molecule has 0 fully saturated rings. The van der Waals surface area contributed by atoms with Gasteiger partial charge in [-0.1, -0.05) is 60.7 Å². The van der Waals surface area contributed by atoms with Crippen LogP contribution in [0, 0.1) is 0 Å². The minimum atomic E-state index is 0.0433. The summed E-state index contributed by atoms with van der Waals surface area (Å²) in [6, 6.07) is 27.9. The van der Waals surface area contributed by atoms with Crippen LogP contribution in [0.3, 0.4) is 0 Å². The predicted molar refractivity (Wildman–Crippen MR) is 132 cm³/mol. The van der Waals surface area contributed by atoms with E-state index < -0.39 is 0 Å². The van der Waals surface area contributed by atoms with Crippen molar-refractivity contribution in [2.45, 2.75) is 18.8 Å². The monoisotopic (exact) mass is 412 g/mol. The molecule has 3 rings (SSSR count). The fourth-order valence-electron chi connectivity index (χ4n) is 3.95. The second-order valence-corrected chi connectivity index (χ2v) is 8.41. The lowest BCUT2D eigenvalue weighted by Crippen LogP contribution is -2.14. The fraction of sp³-hybridized carbons (Fsp3) is 0.250. The van der Waals surface area contributed by atoms with Gasteiger partial charge in [-0.15, -0.1) is 0 Å². The predicted octanol–water partition coefficient (Wildman–Crippen LogP) is 5.88. The van der Waals surface area contributed by atoms with Crippen molar-refractivity contribution in [1.82, 2.24) is 0 Å². The zero-order valence-electron chi connectivity index (χ0n) is 19.1. The Morgan fingerprint density at radius 1 is 0.677 bits per heavy atom. The van der Waals surface area contributed by atoms with Crippen molar-refractivity contribution < 1.29 is 4.79 Å². The van der Waals surface area contributed by atoms with Gasteiger partial charge in [0.05, 0.1) is 0 Å². The van der Waals surface area contributed by atoms with Crippen LogP contribution in [0.5, 0.6) is 0 Å². The van der Waals surface area contributed by atoms with Gasteiger partial charge >= 0.3 is 0 Å². The summed E-state index contributed by atoms with van der Waals surface area (Å²) in [7, 11) is 8.20. The Balaban J connectivity index is 2.17. The molecule has 0 N–H and O–H groups in total. The number of benzene rings is 3. The largest absolute Gasteiger partial charge is 0.378 e. The van der Waals surface area contributed by atoms with Crippen molar-refractivity contribution in [3.8, 4) is 0 Å². The molecule has 1 atom stereocenters. The van der Waals surface area contributed by atoms with E-state index in [1.165, 1.54) is 28.1 Å². The first kappa shape index (κ1) is 22.4. The van der Waals surface area contributed by atoms with Crippen LogP contribution in [-0.2, 0) is 4.79 Å². The lowest BCUT2D eigenvalue weighted by Gasteiger charge is -2.28. The van der Waals surface area contributed by atoms with Crippen molar-refractivity contribution in [3.05, 3.63) is 107 Å². The van der Waals surface area contributed by atoms with Crippen LogP contribution in [0.2, 0.25) is 0 Å². The maximum absolute atomic E-state index is 11.5. The van der Waals surface area contributed by atoms with Gasteiger partial charge in [0.15, 0.2) is 0 Å². The van der Waals surface area contributed by atoms with Gasteiger partial charge in [-0.3, -0.25) is 4.79 Å². The third kappa shape index (κ3) is 5.43. The molecule has 0 aliphatic heterocycles. The first-order valence-corrected chi connectivity index (χ1v) is 10.6. The van der Waals surface area contributed by atoms with E-state index in [2.05, 4.69) is 117 Å². The lowest BCUT2D eigenvalue weighted by molar-refractivity contribution is -0.104. The summed E-state index contributed by atoms with van der Waals surface area (Å²) in [5.74, 6) is 0.131. The average molecular weight is 413 g/mol. The lowest BCUT2D eigenvalue weighted by atomic mass is 9.76. The quantitative estimate of drug-likeness (QED) is 0.341. The maximum Gasteiger partial charge on any atom is 0.145 e. The Labute approximate surface area is 186 Å². The number of hydrogen-bond donors (Lipinski definition) is 0. The van der Waals surface area contributed by atoms with Crippen LogP contribution in [0.25, 0.3) is 0 Å². The number of hydrogen-bond acceptors (Lipinski definition) is 3. The highest BCUT2D eigenvalue weighted by Gasteiger charge is 2.25. The highest BCUT2D eigenvalue weighted by molar-refractivity contribution is 5.72. The number of nitrogens with zero attached hydrogens (tertiary/aromatic N) is 2. The van der Waals surface area contributed by atoms with Crippen LogP contribution in [-0.4, -0.2) is 34.5 Å². The van der Waals surface area contributed by atoms with Gasteiger partial charge in [-0.2, -0.15) is 0 Å². The molecule has 160 valence electrons. The van der Waals surface area contributed by atoms with E-state index >= 15 is 0 Å².